The van der Waals surface area contributed by atoms with Gasteiger partial charge in [0.15, 0.2) is 17.6 Å². The molecule has 3 rings (SSSR count). The summed E-state index contributed by atoms with van der Waals surface area (Å²) in [5.41, 5.74) is 2.48. The molecule has 0 aliphatic carbocycles. The topological polar surface area (TPSA) is 88.9 Å². The Morgan fingerprint density at radius 3 is 2.42 bits per heavy atom. The smallest absolute Gasteiger partial charge is 0.312 e. The Bertz CT molecular complexity index is 996. The molecule has 1 aliphatic heterocycles. The third-order valence-corrected chi connectivity index (χ3v) is 5.44. The molecule has 0 spiro atoms. The summed E-state index contributed by atoms with van der Waals surface area (Å²) in [6.07, 6.45) is -0.334. The number of ether oxygens (including phenoxy) is 3. The predicted molar refractivity (Wildman–Crippen MR) is 115 cm³/mol. The Hall–Kier alpha value is -3.53. The first-order chi connectivity index (χ1) is 14.9. The van der Waals surface area contributed by atoms with Gasteiger partial charge in [0.25, 0.3) is 0 Å². The predicted octanol–water partition coefficient (Wildman–Crippen LogP) is 3.95. The van der Waals surface area contributed by atoms with E-state index in [1.165, 1.54) is 14.0 Å². The van der Waals surface area contributed by atoms with Gasteiger partial charge < -0.3 is 19.1 Å². The first-order valence-corrected chi connectivity index (χ1v) is 10.1. The molecule has 3 atom stereocenters. The van der Waals surface area contributed by atoms with Gasteiger partial charge in [-0.3, -0.25) is 9.59 Å². The van der Waals surface area contributed by atoms with E-state index in [0.29, 0.717) is 23.6 Å². The van der Waals surface area contributed by atoms with Crippen LogP contribution in [0.1, 0.15) is 36.9 Å². The average molecular weight is 422 g/mol. The van der Waals surface area contributed by atoms with Crippen molar-refractivity contribution in [3.8, 4) is 17.6 Å². The summed E-state index contributed by atoms with van der Waals surface area (Å²) >= 11 is 0. The highest BCUT2D eigenvalue weighted by Crippen LogP contribution is 2.43. The van der Waals surface area contributed by atoms with E-state index in [0.717, 1.165) is 11.1 Å². The quantitative estimate of drug-likeness (QED) is 0.655. The Kier molecular flexibility index (Phi) is 6.81. The Morgan fingerprint density at radius 1 is 1.13 bits per heavy atom. The largest absolute Gasteiger partial charge is 0.493 e. The van der Waals surface area contributed by atoms with E-state index >= 15 is 0 Å². The minimum Gasteiger partial charge on any atom is -0.493 e. The first kappa shape index (κ1) is 22.2. The second-order valence-corrected chi connectivity index (χ2v) is 7.51. The first-order valence-electron chi connectivity index (χ1n) is 10.1. The molecule has 0 radical (unpaired) electrons. The maximum absolute atomic E-state index is 13.1. The number of methoxy groups -OCH3 is 2. The fourth-order valence-electron chi connectivity index (χ4n) is 3.86. The molecule has 2 aromatic rings. The zero-order valence-electron chi connectivity index (χ0n) is 18.1. The minimum absolute atomic E-state index is 0.0824. The maximum atomic E-state index is 13.1. The fraction of sp³-hybridized carbons (Fsp3) is 0.375. The van der Waals surface area contributed by atoms with Crippen molar-refractivity contribution < 1.29 is 23.8 Å². The number of benzene rings is 2. The Morgan fingerprint density at radius 2 is 1.81 bits per heavy atom. The van der Waals surface area contributed by atoms with E-state index < -0.39 is 24.0 Å². The average Bonchev–Trinajstić information content (AvgIpc) is 2.78. The van der Waals surface area contributed by atoms with Crippen LogP contribution in [0.3, 0.4) is 0 Å². The molecule has 1 amide bonds. The number of nitriles is 1. The number of carbonyl (C=O) groups excluding carboxylic acids is 2. The van der Waals surface area contributed by atoms with Gasteiger partial charge >= 0.3 is 5.97 Å². The second kappa shape index (κ2) is 9.52. The van der Waals surface area contributed by atoms with E-state index in [1.54, 1.807) is 24.1 Å². The molecule has 162 valence electrons. The number of hydrogen-bond donors (Lipinski definition) is 0. The van der Waals surface area contributed by atoms with Crippen LogP contribution in [0.2, 0.25) is 0 Å². The van der Waals surface area contributed by atoms with Crippen molar-refractivity contribution in [1.82, 2.24) is 0 Å². The lowest BCUT2D eigenvalue weighted by molar-refractivity contribution is -0.153. The summed E-state index contributed by atoms with van der Waals surface area (Å²) in [6.45, 7) is 3.49. The van der Waals surface area contributed by atoms with Crippen molar-refractivity contribution in [2.75, 3.05) is 19.1 Å². The number of piperidine rings is 1. The molecule has 0 unspecified atom stereocenters. The van der Waals surface area contributed by atoms with E-state index in [4.69, 9.17) is 19.5 Å². The zero-order valence-corrected chi connectivity index (χ0v) is 18.1. The van der Waals surface area contributed by atoms with Gasteiger partial charge in [-0.15, -0.1) is 0 Å². The van der Waals surface area contributed by atoms with Gasteiger partial charge in [-0.25, -0.2) is 0 Å². The highest BCUT2D eigenvalue weighted by atomic mass is 16.5. The third-order valence-electron chi connectivity index (χ3n) is 5.44. The lowest BCUT2D eigenvalue weighted by atomic mass is 9.83. The van der Waals surface area contributed by atoms with Crippen LogP contribution >= 0.6 is 0 Å². The summed E-state index contributed by atoms with van der Waals surface area (Å²) in [5, 5.41) is 9.07. The summed E-state index contributed by atoms with van der Waals surface area (Å²) in [5.74, 6) is -0.167. The summed E-state index contributed by atoms with van der Waals surface area (Å²) in [7, 11) is 3.08. The Labute approximate surface area is 182 Å². The lowest BCUT2D eigenvalue weighted by Crippen LogP contribution is -2.46. The fourth-order valence-corrected chi connectivity index (χ4v) is 3.86. The molecular formula is C24H26N2O5. The molecule has 31 heavy (non-hydrogen) atoms. The number of aryl methyl sites for hydroxylation is 1. The zero-order chi connectivity index (χ0) is 22.5. The molecule has 1 heterocycles. The highest BCUT2D eigenvalue weighted by Gasteiger charge is 2.43. The van der Waals surface area contributed by atoms with Crippen LogP contribution in [0.15, 0.2) is 42.5 Å². The summed E-state index contributed by atoms with van der Waals surface area (Å²) in [6, 6.07) is 14.2. The van der Waals surface area contributed by atoms with Crippen LogP contribution in [0.25, 0.3) is 0 Å². The number of anilines is 1. The Balaban J connectivity index is 2.11. The molecule has 7 heteroatoms. The minimum atomic E-state index is -0.871. The SMILES string of the molecule is COc1ccc([C@H]2[C@H](C(=O)O[C@@H](C)C#N)CCC(=O)N2c2ccc(C)cc2)cc1OC. The molecule has 1 aliphatic rings. The number of carbonyl (C=O) groups is 2. The maximum Gasteiger partial charge on any atom is 0.312 e. The van der Waals surface area contributed by atoms with E-state index in [9.17, 15) is 9.59 Å². The van der Waals surface area contributed by atoms with Gasteiger partial charge in [0.05, 0.1) is 26.2 Å². The number of amides is 1. The summed E-state index contributed by atoms with van der Waals surface area (Å²) < 4.78 is 16.1. The van der Waals surface area contributed by atoms with Crippen molar-refractivity contribution in [3.63, 3.8) is 0 Å². The molecule has 0 aromatic heterocycles. The van der Waals surface area contributed by atoms with Crippen LogP contribution in [0, 0.1) is 24.2 Å². The van der Waals surface area contributed by atoms with Gasteiger partial charge in [0.1, 0.15) is 6.07 Å². The van der Waals surface area contributed by atoms with Gasteiger partial charge in [-0.1, -0.05) is 23.8 Å². The monoisotopic (exact) mass is 422 g/mol. The van der Waals surface area contributed by atoms with E-state index in [1.807, 2.05) is 43.3 Å². The molecule has 0 saturated carbocycles. The number of hydrogen-bond acceptors (Lipinski definition) is 6. The normalized spacial score (nSPS) is 19.3. The third kappa shape index (κ3) is 4.64. The number of esters is 1. The van der Waals surface area contributed by atoms with Crippen molar-refractivity contribution in [2.45, 2.75) is 38.8 Å². The second-order valence-electron chi connectivity index (χ2n) is 7.51. The molecular weight excluding hydrogens is 396 g/mol. The van der Waals surface area contributed by atoms with E-state index in [2.05, 4.69) is 0 Å². The lowest BCUT2D eigenvalue weighted by Gasteiger charge is -2.40. The molecule has 7 nitrogen and oxygen atoms in total. The molecule has 1 fully saturated rings. The van der Waals surface area contributed by atoms with Gasteiger partial charge in [-0.2, -0.15) is 5.26 Å². The van der Waals surface area contributed by atoms with Gasteiger partial charge in [0.2, 0.25) is 5.91 Å². The molecule has 2 aromatic carbocycles. The van der Waals surface area contributed by atoms with Gasteiger partial charge in [-0.05, 0) is 50.1 Å². The van der Waals surface area contributed by atoms with Crippen LogP contribution in [0.5, 0.6) is 11.5 Å². The van der Waals surface area contributed by atoms with Gasteiger partial charge in [0, 0.05) is 12.1 Å². The summed E-state index contributed by atoms with van der Waals surface area (Å²) in [4.78, 5) is 27.7. The highest BCUT2D eigenvalue weighted by molar-refractivity contribution is 5.97. The molecule has 0 bridgehead atoms. The van der Waals surface area contributed by atoms with Crippen molar-refractivity contribution in [2.24, 2.45) is 5.92 Å². The molecule has 1 saturated heterocycles. The van der Waals surface area contributed by atoms with Crippen LogP contribution in [-0.4, -0.2) is 32.2 Å². The van der Waals surface area contributed by atoms with Crippen molar-refractivity contribution >= 4 is 17.6 Å². The van der Waals surface area contributed by atoms with Crippen molar-refractivity contribution in [3.05, 3.63) is 53.6 Å². The number of rotatable bonds is 6. The molecule has 0 N–H and O–H groups in total. The van der Waals surface area contributed by atoms with Crippen LogP contribution in [-0.2, 0) is 14.3 Å². The van der Waals surface area contributed by atoms with Crippen LogP contribution < -0.4 is 14.4 Å². The van der Waals surface area contributed by atoms with E-state index in [-0.39, 0.29) is 12.3 Å². The number of nitrogens with zero attached hydrogens (tertiary/aromatic N) is 2. The standard InChI is InChI=1S/C24H26N2O5/c1-15-5-8-18(9-6-15)26-22(27)12-10-19(24(28)31-16(2)14-25)23(26)17-7-11-20(29-3)21(13-17)30-4/h5-9,11,13,16,19,23H,10,12H2,1-4H3/t16-,19+,23-/m0/s1. The van der Waals surface area contributed by atoms with Crippen molar-refractivity contribution in [1.29, 1.82) is 5.26 Å². The van der Waals surface area contributed by atoms with Crippen LogP contribution in [0.4, 0.5) is 5.69 Å².